The van der Waals surface area contributed by atoms with Gasteiger partial charge < -0.3 is 0 Å². The van der Waals surface area contributed by atoms with Crippen LogP contribution in [0.2, 0.25) is 0 Å². The van der Waals surface area contributed by atoms with Crippen LogP contribution in [0.25, 0.3) is 0 Å². The fourth-order valence-corrected chi connectivity index (χ4v) is 2.97. The Hall–Kier alpha value is -1.34. The van der Waals surface area contributed by atoms with Crippen LogP contribution in [0.4, 0.5) is 0 Å². The molecule has 4 nitrogen and oxygen atoms in total. The fourth-order valence-electron chi connectivity index (χ4n) is 2.97. The second-order valence-corrected chi connectivity index (χ2v) is 5.36. The van der Waals surface area contributed by atoms with Gasteiger partial charge in [0.15, 0.2) is 0 Å². The average Bonchev–Trinajstić information content (AvgIpc) is 2.88. The summed E-state index contributed by atoms with van der Waals surface area (Å²) in [6.45, 7) is 9.19. The van der Waals surface area contributed by atoms with Gasteiger partial charge in [0.2, 0.25) is 0 Å². The number of nitrogens with zero attached hydrogens (tertiary/aromatic N) is 3. The molecule has 98 valence electrons. The van der Waals surface area contributed by atoms with Gasteiger partial charge in [-0.15, -0.1) is 0 Å². The third-order valence-corrected chi connectivity index (χ3v) is 4.25. The predicted octanol–water partition coefficient (Wildman–Crippen LogP) is 2.41. The Morgan fingerprint density at radius 2 is 2.22 bits per heavy atom. The summed E-state index contributed by atoms with van der Waals surface area (Å²) in [6.07, 6.45) is 2.81. The SMILES string of the molecule is CCNC1(C#N)CCC(n2nc(C)c(C)c2C)C1. The van der Waals surface area contributed by atoms with Crippen molar-refractivity contribution in [3.63, 3.8) is 0 Å². The van der Waals surface area contributed by atoms with Gasteiger partial charge >= 0.3 is 0 Å². The molecule has 2 rings (SSSR count). The van der Waals surface area contributed by atoms with Gasteiger partial charge in [-0.1, -0.05) is 6.92 Å². The van der Waals surface area contributed by atoms with E-state index in [4.69, 9.17) is 0 Å². The van der Waals surface area contributed by atoms with E-state index in [9.17, 15) is 5.26 Å². The molecule has 0 aliphatic heterocycles. The first-order valence-corrected chi connectivity index (χ1v) is 6.71. The van der Waals surface area contributed by atoms with Crippen LogP contribution in [0, 0.1) is 32.1 Å². The highest BCUT2D eigenvalue weighted by Crippen LogP contribution is 2.38. The van der Waals surface area contributed by atoms with Gasteiger partial charge in [0.05, 0.1) is 17.8 Å². The standard InChI is InChI=1S/C14H22N4/c1-5-16-14(9-15)7-6-13(8-14)18-12(4)10(2)11(3)17-18/h13,16H,5-8H2,1-4H3. The van der Waals surface area contributed by atoms with Crippen LogP contribution in [0.1, 0.15) is 49.2 Å². The fraction of sp³-hybridized carbons (Fsp3) is 0.714. The Balaban J connectivity index is 2.23. The molecule has 2 unspecified atom stereocenters. The van der Waals surface area contributed by atoms with E-state index in [1.807, 2.05) is 0 Å². The highest BCUT2D eigenvalue weighted by atomic mass is 15.3. The van der Waals surface area contributed by atoms with Crippen molar-refractivity contribution < 1.29 is 0 Å². The Bertz CT molecular complexity index is 483. The molecule has 0 saturated heterocycles. The number of rotatable bonds is 3. The molecule has 1 heterocycles. The molecule has 0 bridgehead atoms. The van der Waals surface area contributed by atoms with Crippen LogP contribution in [0.15, 0.2) is 0 Å². The smallest absolute Gasteiger partial charge is 0.108 e. The van der Waals surface area contributed by atoms with E-state index < -0.39 is 0 Å². The lowest BCUT2D eigenvalue weighted by Crippen LogP contribution is -2.41. The molecule has 0 spiro atoms. The Labute approximate surface area is 109 Å². The van der Waals surface area contributed by atoms with Crippen LogP contribution in [0.3, 0.4) is 0 Å². The molecule has 1 fully saturated rings. The van der Waals surface area contributed by atoms with E-state index in [1.165, 1.54) is 11.3 Å². The number of aryl methyl sites for hydroxylation is 1. The first-order valence-electron chi connectivity index (χ1n) is 6.71. The molecular formula is C14H22N4. The molecule has 4 heteroatoms. The summed E-state index contributed by atoms with van der Waals surface area (Å²) in [5, 5.41) is 17.4. The number of hydrogen-bond donors (Lipinski definition) is 1. The van der Waals surface area contributed by atoms with Gasteiger partial charge in [0.25, 0.3) is 0 Å². The van der Waals surface area contributed by atoms with Crippen molar-refractivity contribution >= 4 is 0 Å². The van der Waals surface area contributed by atoms with Crippen molar-refractivity contribution in [1.29, 1.82) is 5.26 Å². The van der Waals surface area contributed by atoms with E-state index >= 15 is 0 Å². The van der Waals surface area contributed by atoms with Crippen LogP contribution in [0.5, 0.6) is 0 Å². The molecule has 1 N–H and O–H groups in total. The van der Waals surface area contributed by atoms with E-state index in [2.05, 4.69) is 48.9 Å². The molecule has 0 aromatic carbocycles. The second-order valence-electron chi connectivity index (χ2n) is 5.36. The van der Waals surface area contributed by atoms with Crippen LogP contribution >= 0.6 is 0 Å². The average molecular weight is 246 g/mol. The van der Waals surface area contributed by atoms with Gasteiger partial charge in [-0.05, 0) is 45.7 Å². The maximum Gasteiger partial charge on any atom is 0.108 e. The molecule has 1 aliphatic carbocycles. The third kappa shape index (κ3) is 2.04. The molecule has 1 aromatic rings. The van der Waals surface area contributed by atoms with Crippen molar-refractivity contribution in [2.45, 2.75) is 58.5 Å². The molecule has 1 aliphatic rings. The maximum absolute atomic E-state index is 9.40. The topological polar surface area (TPSA) is 53.6 Å². The Morgan fingerprint density at radius 1 is 1.50 bits per heavy atom. The first-order chi connectivity index (χ1) is 8.53. The van der Waals surface area contributed by atoms with Gasteiger partial charge in [-0.25, -0.2) is 0 Å². The summed E-state index contributed by atoms with van der Waals surface area (Å²) < 4.78 is 2.13. The zero-order chi connectivity index (χ0) is 13.3. The molecule has 18 heavy (non-hydrogen) atoms. The second kappa shape index (κ2) is 4.74. The molecule has 2 atom stereocenters. The lowest BCUT2D eigenvalue weighted by atomic mass is 9.99. The number of nitrogens with one attached hydrogen (secondary N) is 1. The maximum atomic E-state index is 9.40. The molecule has 0 radical (unpaired) electrons. The summed E-state index contributed by atoms with van der Waals surface area (Å²) in [6, 6.07) is 2.82. The first kappa shape index (κ1) is 13.1. The predicted molar refractivity (Wildman–Crippen MR) is 71.3 cm³/mol. The lowest BCUT2D eigenvalue weighted by Gasteiger charge is -2.22. The normalized spacial score (nSPS) is 27.4. The van der Waals surface area contributed by atoms with E-state index in [0.717, 1.165) is 31.5 Å². The number of nitriles is 1. The van der Waals surface area contributed by atoms with E-state index in [-0.39, 0.29) is 5.54 Å². The summed E-state index contributed by atoms with van der Waals surface area (Å²) in [5.74, 6) is 0. The molecule has 1 aromatic heterocycles. The van der Waals surface area contributed by atoms with Gasteiger partial charge in [0, 0.05) is 12.1 Å². The summed E-state index contributed by atoms with van der Waals surface area (Å²) in [7, 11) is 0. The summed E-state index contributed by atoms with van der Waals surface area (Å²) >= 11 is 0. The van der Waals surface area contributed by atoms with Crippen molar-refractivity contribution in [3.05, 3.63) is 17.0 Å². The molecular weight excluding hydrogens is 224 g/mol. The van der Waals surface area contributed by atoms with Crippen LogP contribution < -0.4 is 5.32 Å². The Morgan fingerprint density at radius 3 is 2.72 bits per heavy atom. The largest absolute Gasteiger partial charge is 0.300 e. The highest BCUT2D eigenvalue weighted by molar-refractivity contribution is 5.24. The van der Waals surface area contributed by atoms with Crippen molar-refractivity contribution in [2.24, 2.45) is 0 Å². The zero-order valence-corrected chi connectivity index (χ0v) is 11.7. The third-order valence-electron chi connectivity index (χ3n) is 4.25. The van der Waals surface area contributed by atoms with Crippen LogP contribution in [-0.4, -0.2) is 21.9 Å². The van der Waals surface area contributed by atoms with Crippen molar-refractivity contribution in [2.75, 3.05) is 6.54 Å². The number of hydrogen-bond acceptors (Lipinski definition) is 3. The minimum absolute atomic E-state index is 0.348. The quantitative estimate of drug-likeness (QED) is 0.891. The van der Waals surface area contributed by atoms with Gasteiger partial charge in [0.1, 0.15) is 5.54 Å². The van der Waals surface area contributed by atoms with E-state index in [0.29, 0.717) is 6.04 Å². The van der Waals surface area contributed by atoms with Crippen LogP contribution in [-0.2, 0) is 0 Å². The monoisotopic (exact) mass is 246 g/mol. The highest BCUT2D eigenvalue weighted by Gasteiger charge is 2.40. The zero-order valence-electron chi connectivity index (χ0n) is 11.7. The van der Waals surface area contributed by atoms with Crippen molar-refractivity contribution in [1.82, 2.24) is 15.1 Å². The van der Waals surface area contributed by atoms with Crippen molar-refractivity contribution in [3.8, 4) is 6.07 Å². The minimum Gasteiger partial charge on any atom is -0.300 e. The number of aromatic nitrogens is 2. The summed E-state index contributed by atoms with van der Waals surface area (Å²) in [5.41, 5.74) is 3.26. The lowest BCUT2D eigenvalue weighted by molar-refractivity contribution is 0.391. The minimum atomic E-state index is -0.348. The molecule has 0 amide bonds. The summed E-state index contributed by atoms with van der Waals surface area (Å²) in [4.78, 5) is 0. The van der Waals surface area contributed by atoms with E-state index in [1.54, 1.807) is 0 Å². The molecule has 1 saturated carbocycles. The Kier molecular flexibility index (Phi) is 3.45. The van der Waals surface area contributed by atoms with Gasteiger partial charge in [-0.2, -0.15) is 10.4 Å². The van der Waals surface area contributed by atoms with Gasteiger partial charge in [-0.3, -0.25) is 10.00 Å².